The van der Waals surface area contributed by atoms with Crippen LogP contribution in [0.5, 0.6) is 5.75 Å². The summed E-state index contributed by atoms with van der Waals surface area (Å²) in [6.45, 7) is 0.541. The van der Waals surface area contributed by atoms with Gasteiger partial charge in [0.1, 0.15) is 12.4 Å². The van der Waals surface area contributed by atoms with Crippen LogP contribution in [0.1, 0.15) is 23.5 Å². The number of hydrogen-bond acceptors (Lipinski definition) is 5. The van der Waals surface area contributed by atoms with Gasteiger partial charge in [-0.15, -0.1) is 5.10 Å². The lowest BCUT2D eigenvalue weighted by molar-refractivity contribution is -0.117. The minimum Gasteiger partial charge on any atom is -0.489 e. The normalized spacial score (nSPS) is 18.6. The quantitative estimate of drug-likeness (QED) is 0.722. The summed E-state index contributed by atoms with van der Waals surface area (Å²) in [6, 6.07) is 18.0. The minimum absolute atomic E-state index is 0.0467. The van der Waals surface area contributed by atoms with Crippen molar-refractivity contribution < 1.29 is 9.53 Å². The predicted molar refractivity (Wildman–Crippen MR) is 90.9 cm³/mol. The van der Waals surface area contributed by atoms with Crippen molar-refractivity contribution in [3.05, 3.63) is 65.7 Å². The number of aromatic nitrogens is 4. The van der Waals surface area contributed by atoms with Crippen molar-refractivity contribution in [3.63, 3.8) is 0 Å². The van der Waals surface area contributed by atoms with Gasteiger partial charge in [-0.25, -0.2) is 0 Å². The maximum atomic E-state index is 12.1. The third-order valence-corrected chi connectivity index (χ3v) is 4.26. The number of H-pyrrole nitrogens is 1. The van der Waals surface area contributed by atoms with Crippen molar-refractivity contribution in [1.29, 1.82) is 0 Å². The molecule has 2 aromatic carbocycles. The Morgan fingerprint density at radius 3 is 2.68 bits per heavy atom. The molecule has 1 aliphatic carbocycles. The number of tetrazole rings is 1. The smallest absolute Gasteiger partial charge is 0.269 e. The first-order chi connectivity index (χ1) is 12.3. The molecule has 0 unspecified atom stereocenters. The fourth-order valence-corrected chi connectivity index (χ4v) is 2.82. The highest BCUT2D eigenvalue weighted by molar-refractivity contribution is 5.93. The van der Waals surface area contributed by atoms with Gasteiger partial charge in [-0.2, -0.15) is 5.21 Å². The average Bonchev–Trinajstić information content (AvgIpc) is 3.30. The maximum Gasteiger partial charge on any atom is 0.269 e. The molecule has 1 aliphatic rings. The molecule has 25 heavy (non-hydrogen) atoms. The van der Waals surface area contributed by atoms with Gasteiger partial charge in [0, 0.05) is 5.92 Å². The van der Waals surface area contributed by atoms with Crippen molar-refractivity contribution in [2.45, 2.75) is 18.9 Å². The molecule has 1 fully saturated rings. The van der Waals surface area contributed by atoms with E-state index in [2.05, 4.69) is 25.9 Å². The molecule has 1 amide bonds. The van der Waals surface area contributed by atoms with Crippen LogP contribution in [0.15, 0.2) is 54.6 Å². The Morgan fingerprint density at radius 2 is 1.96 bits per heavy atom. The molecule has 7 nitrogen and oxygen atoms in total. The zero-order chi connectivity index (χ0) is 17.1. The highest BCUT2D eigenvalue weighted by Crippen LogP contribution is 2.48. The van der Waals surface area contributed by atoms with Crippen LogP contribution in [0.4, 0.5) is 5.95 Å². The number of amides is 1. The lowest BCUT2D eigenvalue weighted by atomic mass is 10.1. The van der Waals surface area contributed by atoms with Crippen molar-refractivity contribution in [2.24, 2.45) is 5.92 Å². The fraction of sp³-hybridized carbons (Fsp3) is 0.222. The van der Waals surface area contributed by atoms with E-state index in [0.717, 1.165) is 23.3 Å². The van der Waals surface area contributed by atoms with Gasteiger partial charge < -0.3 is 4.74 Å². The Hall–Kier alpha value is -3.22. The summed E-state index contributed by atoms with van der Waals surface area (Å²) in [5.41, 5.74) is 2.27. The maximum absolute atomic E-state index is 12.1. The summed E-state index contributed by atoms with van der Waals surface area (Å²) in [5, 5.41) is 15.8. The molecule has 1 heterocycles. The van der Waals surface area contributed by atoms with Gasteiger partial charge in [-0.3, -0.25) is 10.1 Å². The number of ether oxygens (including phenoxy) is 1. The standard InChI is InChI=1S/C18H17N5O2/c24-17(19-18-20-22-23-21-18)16-10-15(16)13-6-8-14(9-7-13)25-11-12-4-2-1-3-5-12/h1-9,15-16H,10-11H2,(H2,19,20,21,22,23,24)/t15-,16+/m0/s1. The van der Waals surface area contributed by atoms with Gasteiger partial charge in [0.2, 0.25) is 5.91 Å². The highest BCUT2D eigenvalue weighted by atomic mass is 16.5. The molecular formula is C18H17N5O2. The first kappa shape index (κ1) is 15.3. The summed E-state index contributed by atoms with van der Waals surface area (Å²) in [5.74, 6) is 1.14. The number of benzene rings is 2. The second-order valence-electron chi connectivity index (χ2n) is 6.02. The third-order valence-electron chi connectivity index (χ3n) is 4.26. The van der Waals surface area contributed by atoms with E-state index in [1.54, 1.807) is 0 Å². The van der Waals surface area contributed by atoms with Crippen LogP contribution in [-0.2, 0) is 11.4 Å². The van der Waals surface area contributed by atoms with E-state index in [9.17, 15) is 4.79 Å². The number of rotatable bonds is 6. The van der Waals surface area contributed by atoms with Crippen LogP contribution in [0, 0.1) is 5.92 Å². The zero-order valence-electron chi connectivity index (χ0n) is 13.4. The second kappa shape index (κ2) is 6.72. The van der Waals surface area contributed by atoms with E-state index in [4.69, 9.17) is 4.74 Å². The summed E-state index contributed by atoms with van der Waals surface area (Å²) in [6.07, 6.45) is 0.827. The number of anilines is 1. The number of nitrogens with one attached hydrogen (secondary N) is 2. The topological polar surface area (TPSA) is 92.8 Å². The minimum atomic E-state index is -0.0733. The van der Waals surface area contributed by atoms with Gasteiger partial charge in [-0.05, 0) is 40.8 Å². The molecule has 126 valence electrons. The molecule has 1 saturated carbocycles. The average molecular weight is 335 g/mol. The molecular weight excluding hydrogens is 318 g/mol. The molecule has 3 aromatic rings. The predicted octanol–water partition coefficient (Wildman–Crippen LogP) is 2.52. The molecule has 0 saturated heterocycles. The lowest BCUT2D eigenvalue weighted by Crippen LogP contribution is -2.15. The first-order valence-corrected chi connectivity index (χ1v) is 8.10. The second-order valence-corrected chi connectivity index (χ2v) is 6.02. The summed E-state index contributed by atoms with van der Waals surface area (Å²) in [4.78, 5) is 12.1. The van der Waals surface area contributed by atoms with Crippen molar-refractivity contribution in [3.8, 4) is 5.75 Å². The molecule has 0 aliphatic heterocycles. The van der Waals surface area contributed by atoms with Gasteiger partial charge >= 0.3 is 0 Å². The summed E-state index contributed by atoms with van der Waals surface area (Å²) in [7, 11) is 0. The first-order valence-electron chi connectivity index (χ1n) is 8.10. The third kappa shape index (κ3) is 3.65. The van der Waals surface area contributed by atoms with E-state index in [0.29, 0.717) is 6.61 Å². The van der Waals surface area contributed by atoms with Crippen LogP contribution >= 0.6 is 0 Å². The Balaban J connectivity index is 1.31. The molecule has 4 rings (SSSR count). The van der Waals surface area contributed by atoms with E-state index >= 15 is 0 Å². The van der Waals surface area contributed by atoms with E-state index in [-0.39, 0.29) is 23.7 Å². The van der Waals surface area contributed by atoms with Gasteiger partial charge in [0.15, 0.2) is 0 Å². The van der Waals surface area contributed by atoms with Crippen molar-refractivity contribution >= 4 is 11.9 Å². The number of hydrogen-bond donors (Lipinski definition) is 2. The molecule has 7 heteroatoms. The van der Waals surface area contributed by atoms with Crippen molar-refractivity contribution in [1.82, 2.24) is 20.6 Å². The lowest BCUT2D eigenvalue weighted by Gasteiger charge is -2.07. The zero-order valence-corrected chi connectivity index (χ0v) is 13.4. The Bertz CT molecular complexity index is 834. The van der Waals surface area contributed by atoms with Gasteiger partial charge in [0.25, 0.3) is 5.95 Å². The molecule has 2 N–H and O–H groups in total. The van der Waals surface area contributed by atoms with Crippen molar-refractivity contribution in [2.75, 3.05) is 5.32 Å². The Morgan fingerprint density at radius 1 is 1.16 bits per heavy atom. The number of carbonyl (C=O) groups excluding carboxylic acids is 1. The number of carbonyl (C=O) groups is 1. The summed E-state index contributed by atoms with van der Waals surface area (Å²) >= 11 is 0. The van der Waals surface area contributed by atoms with E-state index < -0.39 is 0 Å². The largest absolute Gasteiger partial charge is 0.489 e. The van der Waals surface area contributed by atoms with Crippen LogP contribution in [0.25, 0.3) is 0 Å². The molecule has 0 spiro atoms. The number of nitrogens with zero attached hydrogens (tertiary/aromatic N) is 3. The highest BCUT2D eigenvalue weighted by Gasteiger charge is 2.44. The monoisotopic (exact) mass is 335 g/mol. The van der Waals surface area contributed by atoms with Crippen LogP contribution in [0.2, 0.25) is 0 Å². The fourth-order valence-electron chi connectivity index (χ4n) is 2.82. The van der Waals surface area contributed by atoms with Crippen LogP contribution in [0.3, 0.4) is 0 Å². The Labute approximate surface area is 144 Å². The Kier molecular flexibility index (Phi) is 4.12. The van der Waals surface area contributed by atoms with Gasteiger partial charge in [0.05, 0.1) is 0 Å². The van der Waals surface area contributed by atoms with E-state index in [1.165, 1.54) is 0 Å². The van der Waals surface area contributed by atoms with Gasteiger partial charge in [-0.1, -0.05) is 47.6 Å². The molecule has 2 atom stereocenters. The molecule has 0 bridgehead atoms. The van der Waals surface area contributed by atoms with Crippen LogP contribution in [-0.4, -0.2) is 26.5 Å². The van der Waals surface area contributed by atoms with Crippen LogP contribution < -0.4 is 10.1 Å². The van der Waals surface area contributed by atoms with E-state index in [1.807, 2.05) is 54.6 Å². The molecule has 1 aromatic heterocycles. The SMILES string of the molecule is O=C(Nc1nn[nH]n1)[C@@H]1C[C@H]1c1ccc(OCc2ccccc2)cc1. The molecule has 0 radical (unpaired) electrons. The number of aromatic amines is 1. The summed E-state index contributed by atoms with van der Waals surface area (Å²) < 4.78 is 5.79.